The van der Waals surface area contributed by atoms with Gasteiger partial charge in [0.2, 0.25) is 5.95 Å². The van der Waals surface area contributed by atoms with Crippen LogP contribution in [0.4, 0.5) is 14.7 Å². The van der Waals surface area contributed by atoms with Crippen molar-refractivity contribution in [1.82, 2.24) is 19.7 Å². The highest BCUT2D eigenvalue weighted by Crippen LogP contribution is 2.30. The molecule has 9 heteroatoms. The van der Waals surface area contributed by atoms with E-state index in [1.807, 2.05) is 13.8 Å². The number of aromatic nitrogens is 4. The van der Waals surface area contributed by atoms with Gasteiger partial charge in [-0.2, -0.15) is 5.10 Å². The van der Waals surface area contributed by atoms with E-state index in [1.165, 1.54) is 11.0 Å². The SMILES string of the molecule is CCn1ncc(-c2cc(C(F)F)nc(N3CCC[C@H]3C(=O)O)n2)c1C. The molecule has 134 valence electrons. The second-order valence-electron chi connectivity index (χ2n) is 5.93. The molecule has 0 amide bonds. The van der Waals surface area contributed by atoms with Crippen LogP contribution in [0.1, 0.15) is 37.6 Å². The number of carboxylic acid groups (broad SMARTS) is 1. The number of nitrogens with zero attached hydrogens (tertiary/aromatic N) is 5. The van der Waals surface area contributed by atoms with E-state index in [2.05, 4.69) is 15.1 Å². The number of aryl methyl sites for hydroxylation is 1. The average molecular weight is 351 g/mol. The van der Waals surface area contributed by atoms with E-state index < -0.39 is 24.1 Å². The van der Waals surface area contributed by atoms with Crippen molar-refractivity contribution in [3.63, 3.8) is 0 Å². The summed E-state index contributed by atoms with van der Waals surface area (Å²) in [5, 5.41) is 13.5. The molecule has 1 aliphatic rings. The maximum atomic E-state index is 13.3. The van der Waals surface area contributed by atoms with E-state index in [1.54, 1.807) is 10.9 Å². The van der Waals surface area contributed by atoms with Gasteiger partial charge in [0.25, 0.3) is 6.43 Å². The van der Waals surface area contributed by atoms with E-state index in [4.69, 9.17) is 0 Å². The fourth-order valence-electron chi connectivity index (χ4n) is 3.11. The Hall–Kier alpha value is -2.58. The second-order valence-corrected chi connectivity index (χ2v) is 5.93. The molecule has 0 bridgehead atoms. The second kappa shape index (κ2) is 6.73. The lowest BCUT2D eigenvalue weighted by Gasteiger charge is -2.22. The summed E-state index contributed by atoms with van der Waals surface area (Å²) in [6.45, 7) is 4.85. The van der Waals surface area contributed by atoms with Gasteiger partial charge in [-0.25, -0.2) is 23.5 Å². The summed E-state index contributed by atoms with van der Waals surface area (Å²) in [6, 6.07) is 0.449. The minimum absolute atomic E-state index is 0.0290. The number of alkyl halides is 2. The van der Waals surface area contributed by atoms with Gasteiger partial charge in [-0.05, 0) is 32.8 Å². The molecule has 2 aromatic heterocycles. The molecular formula is C16H19F2N5O2. The van der Waals surface area contributed by atoms with E-state index in [0.717, 1.165) is 5.69 Å². The van der Waals surface area contributed by atoms with Crippen LogP contribution in [0.5, 0.6) is 0 Å². The number of anilines is 1. The van der Waals surface area contributed by atoms with Gasteiger partial charge in [-0.3, -0.25) is 4.68 Å². The number of carboxylic acids is 1. The van der Waals surface area contributed by atoms with Gasteiger partial charge in [0, 0.05) is 24.3 Å². The van der Waals surface area contributed by atoms with Crippen LogP contribution in [0.2, 0.25) is 0 Å². The smallest absolute Gasteiger partial charge is 0.326 e. The molecule has 1 saturated heterocycles. The topological polar surface area (TPSA) is 84.1 Å². The Morgan fingerprint density at radius 1 is 1.44 bits per heavy atom. The number of aliphatic carboxylic acids is 1. The fourth-order valence-corrected chi connectivity index (χ4v) is 3.11. The highest BCUT2D eigenvalue weighted by molar-refractivity contribution is 5.78. The Balaban J connectivity index is 2.09. The van der Waals surface area contributed by atoms with Crippen LogP contribution in [-0.2, 0) is 11.3 Å². The van der Waals surface area contributed by atoms with Gasteiger partial charge < -0.3 is 10.0 Å². The lowest BCUT2D eigenvalue weighted by Crippen LogP contribution is -2.37. The maximum Gasteiger partial charge on any atom is 0.326 e. The zero-order valence-electron chi connectivity index (χ0n) is 14.0. The molecule has 1 atom stereocenters. The number of rotatable bonds is 5. The molecule has 0 spiro atoms. The molecule has 0 radical (unpaired) electrons. The predicted molar refractivity (Wildman–Crippen MR) is 86.6 cm³/mol. The number of hydrogen-bond acceptors (Lipinski definition) is 5. The van der Waals surface area contributed by atoms with Crippen molar-refractivity contribution >= 4 is 11.9 Å². The number of halogens is 2. The van der Waals surface area contributed by atoms with Crippen LogP contribution in [0.25, 0.3) is 11.3 Å². The van der Waals surface area contributed by atoms with Crippen molar-refractivity contribution in [3.05, 3.63) is 23.7 Å². The molecule has 2 aromatic rings. The van der Waals surface area contributed by atoms with E-state index in [0.29, 0.717) is 37.2 Å². The molecule has 7 nitrogen and oxygen atoms in total. The molecule has 1 aliphatic heterocycles. The number of hydrogen-bond donors (Lipinski definition) is 1. The standard InChI is InChI=1S/C16H19F2N5O2/c1-3-23-9(2)10(8-19-23)11-7-12(14(17)18)21-16(20-11)22-6-4-5-13(22)15(24)25/h7-8,13-14H,3-6H2,1-2H3,(H,24,25)/t13-/m0/s1. The zero-order valence-corrected chi connectivity index (χ0v) is 14.0. The highest BCUT2D eigenvalue weighted by Gasteiger charge is 2.33. The minimum atomic E-state index is -2.77. The van der Waals surface area contributed by atoms with Crippen molar-refractivity contribution in [2.75, 3.05) is 11.4 Å². The van der Waals surface area contributed by atoms with Crippen LogP contribution >= 0.6 is 0 Å². The Bertz CT molecular complexity index is 793. The van der Waals surface area contributed by atoms with Crippen LogP contribution in [0.3, 0.4) is 0 Å². The number of carbonyl (C=O) groups is 1. The maximum absolute atomic E-state index is 13.3. The molecular weight excluding hydrogens is 332 g/mol. The molecule has 1 N–H and O–H groups in total. The summed E-state index contributed by atoms with van der Waals surface area (Å²) >= 11 is 0. The summed E-state index contributed by atoms with van der Waals surface area (Å²) in [7, 11) is 0. The first-order chi connectivity index (χ1) is 11.9. The van der Waals surface area contributed by atoms with E-state index >= 15 is 0 Å². The molecule has 1 fully saturated rings. The summed E-state index contributed by atoms with van der Waals surface area (Å²) in [5.41, 5.74) is 1.36. The summed E-state index contributed by atoms with van der Waals surface area (Å²) < 4.78 is 28.4. The monoisotopic (exact) mass is 351 g/mol. The van der Waals surface area contributed by atoms with Gasteiger partial charge in [-0.1, -0.05) is 0 Å². The van der Waals surface area contributed by atoms with Gasteiger partial charge in [-0.15, -0.1) is 0 Å². The zero-order chi connectivity index (χ0) is 18.1. The summed E-state index contributed by atoms with van der Waals surface area (Å²) in [6.07, 6.45) is -0.0900. The van der Waals surface area contributed by atoms with Crippen LogP contribution in [0.15, 0.2) is 12.3 Å². The van der Waals surface area contributed by atoms with Gasteiger partial charge in [0.1, 0.15) is 11.7 Å². The third kappa shape index (κ3) is 3.18. The minimum Gasteiger partial charge on any atom is -0.480 e. The molecule has 3 rings (SSSR count). The third-order valence-electron chi connectivity index (χ3n) is 4.43. The largest absolute Gasteiger partial charge is 0.480 e. The first kappa shape index (κ1) is 17.2. The molecule has 0 aliphatic carbocycles. The first-order valence-electron chi connectivity index (χ1n) is 8.11. The quantitative estimate of drug-likeness (QED) is 0.891. The van der Waals surface area contributed by atoms with Crippen molar-refractivity contribution in [1.29, 1.82) is 0 Å². The summed E-state index contributed by atoms with van der Waals surface area (Å²) in [4.78, 5) is 21.2. The Morgan fingerprint density at radius 2 is 2.20 bits per heavy atom. The highest BCUT2D eigenvalue weighted by atomic mass is 19.3. The van der Waals surface area contributed by atoms with Crippen molar-refractivity contribution in [2.24, 2.45) is 0 Å². The van der Waals surface area contributed by atoms with Crippen LogP contribution in [0, 0.1) is 6.92 Å². The fraction of sp³-hybridized carbons (Fsp3) is 0.500. The Morgan fingerprint density at radius 3 is 2.80 bits per heavy atom. The van der Waals surface area contributed by atoms with Gasteiger partial charge in [0.05, 0.1) is 11.9 Å². The van der Waals surface area contributed by atoms with Crippen molar-refractivity contribution in [3.8, 4) is 11.3 Å². The normalized spacial score (nSPS) is 17.5. The third-order valence-corrected chi connectivity index (χ3v) is 4.43. The molecule has 0 unspecified atom stereocenters. The van der Waals surface area contributed by atoms with Crippen LogP contribution in [-0.4, -0.2) is 43.4 Å². The Kier molecular flexibility index (Phi) is 4.65. The molecule has 3 heterocycles. The lowest BCUT2D eigenvalue weighted by atomic mass is 10.1. The van der Waals surface area contributed by atoms with Gasteiger partial charge in [0.15, 0.2) is 0 Å². The molecule has 0 aromatic carbocycles. The van der Waals surface area contributed by atoms with Crippen molar-refractivity contribution in [2.45, 2.75) is 45.7 Å². The summed E-state index contributed by atoms with van der Waals surface area (Å²) in [5.74, 6) is -0.971. The van der Waals surface area contributed by atoms with Gasteiger partial charge >= 0.3 is 5.97 Å². The van der Waals surface area contributed by atoms with E-state index in [-0.39, 0.29) is 5.95 Å². The first-order valence-corrected chi connectivity index (χ1v) is 8.11. The van der Waals surface area contributed by atoms with Crippen LogP contribution < -0.4 is 4.90 Å². The average Bonchev–Trinajstić information content (AvgIpc) is 3.20. The lowest BCUT2D eigenvalue weighted by molar-refractivity contribution is -0.138. The Labute approximate surface area is 143 Å². The predicted octanol–water partition coefficient (Wildman–Crippen LogP) is 2.66. The molecule has 0 saturated carbocycles. The van der Waals surface area contributed by atoms with E-state index in [9.17, 15) is 18.7 Å². The molecule has 25 heavy (non-hydrogen) atoms. The van der Waals surface area contributed by atoms with Crippen molar-refractivity contribution < 1.29 is 18.7 Å².